The molecule has 0 aliphatic heterocycles. The standard InChI is InChI=1S/C31H29ClN4O4S/c1-19-6-9-24(29-30(40)22-4-2-3-5-26(22)41-31(19)29)35-15-17-36(27(37)10-11-28(38)39)16-14-34-23-12-13-33-25-18-20(32)7-8-21(23)25/h2-9,12-13,18,35H,10-11,14-17H2,1H3,(H,33,34)(H,38,39). The highest BCUT2D eigenvalue weighted by Crippen LogP contribution is 2.31. The monoisotopic (exact) mass is 588 g/mol. The number of anilines is 2. The van der Waals surface area contributed by atoms with Gasteiger partial charge in [-0.3, -0.25) is 19.4 Å². The van der Waals surface area contributed by atoms with Crippen LogP contribution in [0.5, 0.6) is 0 Å². The Balaban J connectivity index is 1.31. The first-order chi connectivity index (χ1) is 19.8. The maximum absolute atomic E-state index is 13.4. The lowest BCUT2D eigenvalue weighted by Crippen LogP contribution is -2.38. The number of aliphatic carboxylic acids is 1. The maximum Gasteiger partial charge on any atom is 0.303 e. The molecule has 5 aromatic rings. The lowest BCUT2D eigenvalue weighted by atomic mass is 10.1. The molecule has 8 nitrogen and oxygen atoms in total. The largest absolute Gasteiger partial charge is 0.481 e. The van der Waals surface area contributed by atoms with Gasteiger partial charge in [-0.25, -0.2) is 0 Å². The van der Waals surface area contributed by atoms with Gasteiger partial charge in [-0.15, -0.1) is 11.3 Å². The van der Waals surface area contributed by atoms with Gasteiger partial charge in [-0.05, 0) is 55.0 Å². The third-order valence-electron chi connectivity index (χ3n) is 6.93. The van der Waals surface area contributed by atoms with Crippen molar-refractivity contribution in [3.05, 3.63) is 87.7 Å². The molecule has 210 valence electrons. The van der Waals surface area contributed by atoms with E-state index in [1.807, 2.05) is 55.5 Å². The van der Waals surface area contributed by atoms with Gasteiger partial charge in [0.05, 0.1) is 17.3 Å². The van der Waals surface area contributed by atoms with E-state index in [0.717, 1.165) is 37.2 Å². The van der Waals surface area contributed by atoms with E-state index >= 15 is 0 Å². The van der Waals surface area contributed by atoms with Crippen LogP contribution >= 0.6 is 22.9 Å². The second-order valence-electron chi connectivity index (χ2n) is 9.71. The first-order valence-corrected chi connectivity index (χ1v) is 14.5. The molecule has 3 aromatic carbocycles. The van der Waals surface area contributed by atoms with Crippen molar-refractivity contribution in [2.24, 2.45) is 0 Å². The molecular weight excluding hydrogens is 560 g/mol. The van der Waals surface area contributed by atoms with E-state index in [0.29, 0.717) is 42.0 Å². The first-order valence-electron chi connectivity index (χ1n) is 13.3. The fourth-order valence-electron chi connectivity index (χ4n) is 4.84. The van der Waals surface area contributed by atoms with E-state index in [4.69, 9.17) is 16.7 Å². The topological polar surface area (TPSA) is 112 Å². The number of aromatic nitrogens is 1. The van der Waals surface area contributed by atoms with Crippen molar-refractivity contribution in [3.63, 3.8) is 0 Å². The molecule has 0 bridgehead atoms. The number of carboxylic acids is 1. The van der Waals surface area contributed by atoms with Gasteiger partial charge < -0.3 is 20.6 Å². The summed E-state index contributed by atoms with van der Waals surface area (Å²) < 4.78 is 1.88. The molecule has 0 aliphatic rings. The molecule has 1 amide bonds. The number of aryl methyl sites for hydroxylation is 1. The Hall–Kier alpha value is -4.21. The van der Waals surface area contributed by atoms with Gasteiger partial charge >= 0.3 is 5.97 Å². The van der Waals surface area contributed by atoms with Crippen LogP contribution in [-0.4, -0.2) is 53.0 Å². The molecule has 3 N–H and O–H groups in total. The predicted octanol–water partition coefficient (Wildman–Crippen LogP) is 6.14. The fourth-order valence-corrected chi connectivity index (χ4v) is 6.18. The van der Waals surface area contributed by atoms with Crippen molar-refractivity contribution in [2.45, 2.75) is 19.8 Å². The Morgan fingerprint density at radius 3 is 2.49 bits per heavy atom. The lowest BCUT2D eigenvalue weighted by molar-refractivity contribution is -0.140. The molecule has 0 fully saturated rings. The molecule has 10 heteroatoms. The van der Waals surface area contributed by atoms with E-state index in [9.17, 15) is 14.4 Å². The highest BCUT2D eigenvalue weighted by Gasteiger charge is 2.16. The number of benzene rings is 3. The molecule has 41 heavy (non-hydrogen) atoms. The molecule has 0 atom stereocenters. The van der Waals surface area contributed by atoms with Gasteiger partial charge in [-0.1, -0.05) is 29.8 Å². The average Bonchev–Trinajstić information content (AvgIpc) is 2.96. The number of carbonyl (C=O) groups is 2. The van der Waals surface area contributed by atoms with Crippen LogP contribution in [-0.2, 0) is 9.59 Å². The quantitative estimate of drug-likeness (QED) is 0.159. The van der Waals surface area contributed by atoms with Crippen LogP contribution in [0.1, 0.15) is 18.4 Å². The van der Waals surface area contributed by atoms with Crippen molar-refractivity contribution in [3.8, 4) is 0 Å². The fraction of sp³-hybridized carbons (Fsp3) is 0.226. The minimum Gasteiger partial charge on any atom is -0.481 e. The first kappa shape index (κ1) is 28.3. The van der Waals surface area contributed by atoms with Crippen LogP contribution in [0.2, 0.25) is 5.02 Å². The summed E-state index contributed by atoms with van der Waals surface area (Å²) >= 11 is 7.69. The molecule has 0 aliphatic carbocycles. The Bertz CT molecular complexity index is 1820. The number of fused-ring (bicyclic) bond motifs is 3. The van der Waals surface area contributed by atoms with Crippen molar-refractivity contribution < 1.29 is 14.7 Å². The molecular formula is C31H29ClN4O4S. The van der Waals surface area contributed by atoms with Gasteiger partial charge in [0, 0.05) is 75.4 Å². The zero-order valence-electron chi connectivity index (χ0n) is 22.4. The second-order valence-corrected chi connectivity index (χ2v) is 11.2. The number of amides is 1. The number of rotatable bonds is 11. The number of halogens is 1. The molecule has 0 spiro atoms. The Kier molecular flexibility index (Phi) is 8.66. The third-order valence-corrected chi connectivity index (χ3v) is 8.47. The van der Waals surface area contributed by atoms with Crippen molar-refractivity contribution >= 4 is 77.3 Å². The van der Waals surface area contributed by atoms with Gasteiger partial charge in [0.2, 0.25) is 5.91 Å². The highest BCUT2D eigenvalue weighted by molar-refractivity contribution is 7.24. The average molecular weight is 589 g/mol. The molecule has 0 radical (unpaired) electrons. The number of hydrogen-bond donors (Lipinski definition) is 3. The van der Waals surface area contributed by atoms with Crippen LogP contribution in [0.25, 0.3) is 31.1 Å². The van der Waals surface area contributed by atoms with Crippen molar-refractivity contribution in [1.82, 2.24) is 9.88 Å². The van der Waals surface area contributed by atoms with E-state index in [1.165, 1.54) is 0 Å². The number of pyridine rings is 1. The van der Waals surface area contributed by atoms with Gasteiger partial charge in [0.1, 0.15) is 0 Å². The van der Waals surface area contributed by atoms with E-state index in [-0.39, 0.29) is 24.2 Å². The smallest absolute Gasteiger partial charge is 0.303 e. The summed E-state index contributed by atoms with van der Waals surface area (Å²) in [5.74, 6) is -1.26. The summed E-state index contributed by atoms with van der Waals surface area (Å²) in [5.41, 5.74) is 3.35. The zero-order chi connectivity index (χ0) is 28.9. The van der Waals surface area contributed by atoms with Crippen molar-refractivity contribution in [1.29, 1.82) is 0 Å². The van der Waals surface area contributed by atoms with Crippen LogP contribution in [0.15, 0.2) is 71.7 Å². The van der Waals surface area contributed by atoms with E-state index in [1.54, 1.807) is 34.6 Å². The molecule has 2 heterocycles. The number of nitrogens with one attached hydrogen (secondary N) is 2. The van der Waals surface area contributed by atoms with Crippen LogP contribution < -0.4 is 16.1 Å². The van der Waals surface area contributed by atoms with E-state index in [2.05, 4.69) is 15.6 Å². The SMILES string of the molecule is Cc1ccc(NCCN(CCNc2ccnc3cc(Cl)ccc23)C(=O)CCC(=O)O)c2c(=O)c3ccccc3sc12. The van der Waals surface area contributed by atoms with Crippen LogP contribution in [0.3, 0.4) is 0 Å². The third kappa shape index (κ3) is 6.42. The maximum atomic E-state index is 13.4. The summed E-state index contributed by atoms with van der Waals surface area (Å²) in [6.45, 7) is 3.55. The number of nitrogens with zero attached hydrogens (tertiary/aromatic N) is 2. The van der Waals surface area contributed by atoms with E-state index < -0.39 is 5.97 Å². The minimum atomic E-state index is -1.01. The summed E-state index contributed by atoms with van der Waals surface area (Å²) in [6, 6.07) is 18.8. The molecule has 0 saturated carbocycles. The summed E-state index contributed by atoms with van der Waals surface area (Å²) in [5, 5.41) is 18.7. The summed E-state index contributed by atoms with van der Waals surface area (Å²) in [7, 11) is 0. The molecule has 2 aromatic heterocycles. The summed E-state index contributed by atoms with van der Waals surface area (Å²) in [6.07, 6.45) is 1.38. The normalized spacial score (nSPS) is 11.2. The van der Waals surface area contributed by atoms with Crippen LogP contribution in [0, 0.1) is 6.92 Å². The number of carbonyl (C=O) groups excluding carboxylic acids is 1. The summed E-state index contributed by atoms with van der Waals surface area (Å²) in [4.78, 5) is 43.5. The highest BCUT2D eigenvalue weighted by atomic mass is 35.5. The second kappa shape index (κ2) is 12.5. The van der Waals surface area contributed by atoms with Crippen LogP contribution in [0.4, 0.5) is 11.4 Å². The lowest BCUT2D eigenvalue weighted by Gasteiger charge is -2.24. The minimum absolute atomic E-state index is 0.0231. The Morgan fingerprint density at radius 2 is 1.71 bits per heavy atom. The molecule has 0 saturated heterocycles. The Labute approximate surface area is 245 Å². The van der Waals surface area contributed by atoms with Gasteiger partial charge in [0.25, 0.3) is 0 Å². The van der Waals surface area contributed by atoms with Gasteiger partial charge in [0.15, 0.2) is 5.43 Å². The predicted molar refractivity (Wildman–Crippen MR) is 168 cm³/mol. The molecule has 5 rings (SSSR count). The zero-order valence-corrected chi connectivity index (χ0v) is 24.0. The number of carboxylic acid groups (broad SMARTS) is 1. The van der Waals surface area contributed by atoms with Gasteiger partial charge in [-0.2, -0.15) is 0 Å². The number of hydrogen-bond acceptors (Lipinski definition) is 7. The molecule has 0 unspecified atom stereocenters. The van der Waals surface area contributed by atoms with Crippen molar-refractivity contribution in [2.75, 3.05) is 36.8 Å². The Morgan fingerprint density at radius 1 is 0.951 bits per heavy atom.